The standard InChI is InChI=1S/C24H16N4O/c29-24-23-19(5-3-6-21(23)17-10-13-25-14-11-17)16-26-28(24)15-12-20-9-8-18-4-1-2-7-22(18)27-20/h1-16H. The van der Waals surface area contributed by atoms with Crippen LogP contribution in [0.15, 0.2) is 90.1 Å². The van der Waals surface area contributed by atoms with Gasteiger partial charge in [-0.2, -0.15) is 5.10 Å². The Hall–Kier alpha value is -4.12. The minimum Gasteiger partial charge on any atom is -0.267 e. The van der Waals surface area contributed by atoms with E-state index in [2.05, 4.69) is 15.1 Å². The number of para-hydroxylation sites is 1. The molecule has 5 rings (SSSR count). The maximum atomic E-state index is 13.2. The van der Waals surface area contributed by atoms with E-state index < -0.39 is 0 Å². The number of rotatable bonds is 3. The van der Waals surface area contributed by atoms with E-state index in [1.807, 2.05) is 66.7 Å². The lowest BCUT2D eigenvalue weighted by molar-refractivity contribution is 0.871. The van der Waals surface area contributed by atoms with Crippen molar-refractivity contribution in [2.24, 2.45) is 0 Å². The highest BCUT2D eigenvalue weighted by Gasteiger charge is 2.09. The second-order valence-corrected chi connectivity index (χ2v) is 6.64. The molecule has 5 aromatic rings. The molecule has 0 saturated carbocycles. The molecule has 0 atom stereocenters. The lowest BCUT2D eigenvalue weighted by Crippen LogP contribution is -2.18. The topological polar surface area (TPSA) is 60.7 Å². The second-order valence-electron chi connectivity index (χ2n) is 6.64. The van der Waals surface area contributed by atoms with Gasteiger partial charge in [0.25, 0.3) is 5.56 Å². The number of benzene rings is 2. The highest BCUT2D eigenvalue weighted by molar-refractivity contribution is 5.95. The summed E-state index contributed by atoms with van der Waals surface area (Å²) >= 11 is 0. The van der Waals surface area contributed by atoms with Gasteiger partial charge in [-0.25, -0.2) is 9.67 Å². The SMILES string of the molecule is O=c1c2c(-c3ccncc3)cccc2cnn1C=Cc1ccc2ccccc2n1. The summed E-state index contributed by atoms with van der Waals surface area (Å²) in [6.07, 6.45) is 8.60. The van der Waals surface area contributed by atoms with Crippen molar-refractivity contribution in [2.45, 2.75) is 0 Å². The Balaban J connectivity index is 1.61. The zero-order valence-electron chi connectivity index (χ0n) is 15.4. The molecule has 0 radical (unpaired) electrons. The Morgan fingerprint density at radius 1 is 0.828 bits per heavy atom. The van der Waals surface area contributed by atoms with E-state index in [-0.39, 0.29) is 5.56 Å². The summed E-state index contributed by atoms with van der Waals surface area (Å²) in [5.74, 6) is 0. The van der Waals surface area contributed by atoms with Gasteiger partial charge in [0.15, 0.2) is 0 Å². The van der Waals surface area contributed by atoms with Crippen LogP contribution in [-0.4, -0.2) is 19.7 Å². The van der Waals surface area contributed by atoms with Gasteiger partial charge in [0, 0.05) is 29.4 Å². The largest absolute Gasteiger partial charge is 0.279 e. The van der Waals surface area contributed by atoms with Crippen LogP contribution in [0.25, 0.3) is 45.1 Å². The Labute approximate surface area is 166 Å². The maximum Gasteiger partial charge on any atom is 0.279 e. The molecule has 0 aliphatic carbocycles. The summed E-state index contributed by atoms with van der Waals surface area (Å²) in [7, 11) is 0. The molecular formula is C24H16N4O. The van der Waals surface area contributed by atoms with E-state index in [0.717, 1.165) is 33.1 Å². The highest BCUT2D eigenvalue weighted by Crippen LogP contribution is 2.25. The fraction of sp³-hybridized carbons (Fsp3) is 0. The summed E-state index contributed by atoms with van der Waals surface area (Å²) in [5, 5.41) is 6.81. The summed E-state index contributed by atoms with van der Waals surface area (Å²) < 4.78 is 1.35. The van der Waals surface area contributed by atoms with E-state index in [9.17, 15) is 4.79 Å². The number of nitrogens with zero attached hydrogens (tertiary/aromatic N) is 4. The van der Waals surface area contributed by atoms with Crippen molar-refractivity contribution in [2.75, 3.05) is 0 Å². The first kappa shape index (κ1) is 17.0. The molecule has 5 heteroatoms. The van der Waals surface area contributed by atoms with Crippen LogP contribution >= 0.6 is 0 Å². The molecule has 29 heavy (non-hydrogen) atoms. The van der Waals surface area contributed by atoms with E-state index in [1.165, 1.54) is 4.68 Å². The molecule has 2 aromatic carbocycles. The third-order valence-electron chi connectivity index (χ3n) is 4.84. The van der Waals surface area contributed by atoms with Crippen molar-refractivity contribution in [1.29, 1.82) is 0 Å². The zero-order chi connectivity index (χ0) is 19.6. The molecule has 0 amide bonds. The molecule has 5 nitrogen and oxygen atoms in total. The smallest absolute Gasteiger partial charge is 0.267 e. The van der Waals surface area contributed by atoms with Gasteiger partial charge in [0.05, 0.1) is 22.8 Å². The van der Waals surface area contributed by atoms with Crippen LogP contribution in [0.1, 0.15) is 5.69 Å². The van der Waals surface area contributed by atoms with Crippen LogP contribution < -0.4 is 5.56 Å². The van der Waals surface area contributed by atoms with Crippen molar-refractivity contribution in [1.82, 2.24) is 19.7 Å². The molecule has 3 heterocycles. The van der Waals surface area contributed by atoms with Crippen LogP contribution in [0.2, 0.25) is 0 Å². The quantitative estimate of drug-likeness (QED) is 0.460. The normalized spacial score (nSPS) is 11.4. The van der Waals surface area contributed by atoms with Gasteiger partial charge in [-0.15, -0.1) is 0 Å². The van der Waals surface area contributed by atoms with Crippen LogP contribution in [0.3, 0.4) is 0 Å². The van der Waals surface area contributed by atoms with Crippen LogP contribution in [0.4, 0.5) is 0 Å². The first-order valence-corrected chi connectivity index (χ1v) is 9.24. The third kappa shape index (κ3) is 3.19. The monoisotopic (exact) mass is 376 g/mol. The molecule has 0 unspecified atom stereocenters. The van der Waals surface area contributed by atoms with E-state index >= 15 is 0 Å². The van der Waals surface area contributed by atoms with Gasteiger partial charge in [0.2, 0.25) is 0 Å². The zero-order valence-corrected chi connectivity index (χ0v) is 15.4. The number of hydrogen-bond donors (Lipinski definition) is 0. The second kappa shape index (κ2) is 7.13. The summed E-state index contributed by atoms with van der Waals surface area (Å²) in [6, 6.07) is 21.4. The van der Waals surface area contributed by atoms with E-state index in [0.29, 0.717) is 5.39 Å². The minimum absolute atomic E-state index is 0.174. The van der Waals surface area contributed by atoms with E-state index in [1.54, 1.807) is 30.9 Å². The van der Waals surface area contributed by atoms with E-state index in [4.69, 9.17) is 0 Å². The number of pyridine rings is 2. The molecule has 0 spiro atoms. The van der Waals surface area contributed by atoms with Crippen molar-refractivity contribution in [3.05, 3.63) is 101 Å². The third-order valence-corrected chi connectivity index (χ3v) is 4.84. The fourth-order valence-corrected chi connectivity index (χ4v) is 3.41. The summed E-state index contributed by atoms with van der Waals surface area (Å²) in [6.45, 7) is 0. The summed E-state index contributed by atoms with van der Waals surface area (Å²) in [4.78, 5) is 21.8. The van der Waals surface area contributed by atoms with Gasteiger partial charge in [-0.05, 0) is 41.5 Å². The Kier molecular flexibility index (Phi) is 4.18. The molecular weight excluding hydrogens is 360 g/mol. The maximum absolute atomic E-state index is 13.2. The van der Waals surface area contributed by atoms with Gasteiger partial charge >= 0.3 is 0 Å². The lowest BCUT2D eigenvalue weighted by Gasteiger charge is -2.07. The van der Waals surface area contributed by atoms with Crippen molar-refractivity contribution in [3.8, 4) is 11.1 Å². The fourth-order valence-electron chi connectivity index (χ4n) is 3.41. The molecule has 0 saturated heterocycles. The number of aromatic nitrogens is 4. The Morgan fingerprint density at radius 2 is 1.66 bits per heavy atom. The van der Waals surface area contributed by atoms with Crippen molar-refractivity contribution < 1.29 is 0 Å². The van der Waals surface area contributed by atoms with Crippen LogP contribution in [0, 0.1) is 0 Å². The first-order chi connectivity index (χ1) is 14.3. The minimum atomic E-state index is -0.174. The molecule has 0 aliphatic rings. The predicted molar refractivity (Wildman–Crippen MR) is 116 cm³/mol. The predicted octanol–water partition coefficient (Wildman–Crippen LogP) is 4.63. The summed E-state index contributed by atoms with van der Waals surface area (Å²) in [5.41, 5.74) is 3.31. The highest BCUT2D eigenvalue weighted by atomic mass is 16.1. The van der Waals surface area contributed by atoms with Crippen molar-refractivity contribution >= 4 is 34.0 Å². The molecule has 138 valence electrons. The molecule has 0 aliphatic heterocycles. The van der Waals surface area contributed by atoms with Gasteiger partial charge in [-0.1, -0.05) is 42.5 Å². The molecule has 3 aromatic heterocycles. The molecule has 0 N–H and O–H groups in total. The average molecular weight is 376 g/mol. The van der Waals surface area contributed by atoms with Crippen LogP contribution in [0.5, 0.6) is 0 Å². The van der Waals surface area contributed by atoms with Gasteiger partial charge in [-0.3, -0.25) is 9.78 Å². The van der Waals surface area contributed by atoms with Gasteiger partial charge < -0.3 is 0 Å². The van der Waals surface area contributed by atoms with Crippen LogP contribution in [-0.2, 0) is 0 Å². The van der Waals surface area contributed by atoms with Crippen molar-refractivity contribution in [3.63, 3.8) is 0 Å². The molecule has 0 fully saturated rings. The Bertz CT molecular complexity index is 1420. The number of fused-ring (bicyclic) bond motifs is 2. The van der Waals surface area contributed by atoms with Gasteiger partial charge in [0.1, 0.15) is 0 Å². The Morgan fingerprint density at radius 3 is 2.55 bits per heavy atom. The average Bonchev–Trinajstić information content (AvgIpc) is 2.79. The first-order valence-electron chi connectivity index (χ1n) is 9.24. The molecule has 0 bridgehead atoms. The lowest BCUT2D eigenvalue weighted by atomic mass is 10.0. The number of hydrogen-bond acceptors (Lipinski definition) is 4.